The number of rotatable bonds is 4. The first-order chi connectivity index (χ1) is 12.0. The molecule has 1 atom stereocenters. The monoisotopic (exact) mass is 339 g/mol. The highest BCUT2D eigenvalue weighted by atomic mass is 16.5. The summed E-state index contributed by atoms with van der Waals surface area (Å²) in [7, 11) is 0. The lowest BCUT2D eigenvalue weighted by molar-refractivity contribution is -0.125. The zero-order valence-electron chi connectivity index (χ0n) is 14.3. The van der Waals surface area contributed by atoms with Crippen molar-refractivity contribution in [3.8, 4) is 5.75 Å². The van der Waals surface area contributed by atoms with Gasteiger partial charge in [-0.25, -0.2) is 0 Å². The van der Waals surface area contributed by atoms with E-state index in [9.17, 15) is 9.59 Å². The Kier molecular flexibility index (Phi) is 4.61. The van der Waals surface area contributed by atoms with E-state index in [0.717, 1.165) is 5.56 Å². The lowest BCUT2D eigenvalue weighted by Gasteiger charge is -2.32. The second kappa shape index (κ2) is 6.84. The maximum atomic E-state index is 12.4. The Balaban J connectivity index is 1.69. The van der Waals surface area contributed by atoms with Crippen molar-refractivity contribution in [1.29, 1.82) is 0 Å². The molecule has 130 valence electrons. The second-order valence-corrected chi connectivity index (χ2v) is 6.09. The summed E-state index contributed by atoms with van der Waals surface area (Å²) in [4.78, 5) is 26.3. The van der Waals surface area contributed by atoms with Gasteiger partial charge in [0.15, 0.2) is 6.10 Å². The number of hydrogen-bond acceptors (Lipinski definition) is 4. The quantitative estimate of drug-likeness (QED) is 0.839. The summed E-state index contributed by atoms with van der Waals surface area (Å²) < 4.78 is 5.60. The Morgan fingerprint density at radius 3 is 2.84 bits per heavy atom. The molecular weight excluding hydrogens is 318 g/mol. The van der Waals surface area contributed by atoms with Crippen molar-refractivity contribution in [3.63, 3.8) is 0 Å². The first-order valence-corrected chi connectivity index (χ1v) is 8.19. The molecule has 6 heteroatoms. The average molecular weight is 339 g/mol. The van der Waals surface area contributed by atoms with Gasteiger partial charge >= 0.3 is 0 Å². The molecule has 2 aromatic carbocycles. The van der Waals surface area contributed by atoms with Gasteiger partial charge in [0.2, 0.25) is 5.91 Å². The van der Waals surface area contributed by atoms with Crippen LogP contribution in [0.15, 0.2) is 42.5 Å². The van der Waals surface area contributed by atoms with Crippen LogP contribution in [-0.2, 0) is 9.59 Å². The number of para-hydroxylation sites is 2. The van der Waals surface area contributed by atoms with Crippen LogP contribution in [0.25, 0.3) is 0 Å². The van der Waals surface area contributed by atoms with Gasteiger partial charge in [-0.3, -0.25) is 9.59 Å². The molecule has 2 amide bonds. The Morgan fingerprint density at radius 2 is 2.04 bits per heavy atom. The van der Waals surface area contributed by atoms with Gasteiger partial charge in [0.05, 0.1) is 5.69 Å². The number of nitrogens with two attached hydrogens (primary N) is 1. The Morgan fingerprint density at radius 1 is 1.28 bits per heavy atom. The highest BCUT2D eigenvalue weighted by Crippen LogP contribution is 2.33. The summed E-state index contributed by atoms with van der Waals surface area (Å²) in [6.45, 7) is 3.90. The molecule has 1 aliphatic heterocycles. The third-order valence-corrected chi connectivity index (χ3v) is 4.17. The molecule has 0 aliphatic carbocycles. The van der Waals surface area contributed by atoms with E-state index in [2.05, 4.69) is 5.32 Å². The molecule has 6 nitrogen and oxygen atoms in total. The van der Waals surface area contributed by atoms with E-state index < -0.39 is 6.10 Å². The number of carbonyl (C=O) groups is 2. The number of nitrogen functional groups attached to an aromatic ring is 1. The van der Waals surface area contributed by atoms with Crippen molar-refractivity contribution in [2.24, 2.45) is 0 Å². The summed E-state index contributed by atoms with van der Waals surface area (Å²) in [5, 5.41) is 2.85. The van der Waals surface area contributed by atoms with Gasteiger partial charge in [0.25, 0.3) is 5.91 Å². The fourth-order valence-electron chi connectivity index (χ4n) is 2.79. The van der Waals surface area contributed by atoms with Crippen LogP contribution in [0.1, 0.15) is 18.9 Å². The largest absolute Gasteiger partial charge is 0.479 e. The van der Waals surface area contributed by atoms with Crippen molar-refractivity contribution in [2.75, 3.05) is 22.5 Å². The van der Waals surface area contributed by atoms with Crippen LogP contribution in [0.4, 0.5) is 17.1 Å². The van der Waals surface area contributed by atoms with Gasteiger partial charge in [0.1, 0.15) is 5.75 Å². The fraction of sp³-hybridized carbons (Fsp3) is 0.263. The van der Waals surface area contributed by atoms with Crippen LogP contribution in [-0.4, -0.2) is 24.5 Å². The molecule has 0 radical (unpaired) electrons. The highest BCUT2D eigenvalue weighted by Gasteiger charge is 2.31. The van der Waals surface area contributed by atoms with Crippen molar-refractivity contribution in [2.45, 2.75) is 26.4 Å². The van der Waals surface area contributed by atoms with Crippen LogP contribution < -0.4 is 20.7 Å². The lowest BCUT2D eigenvalue weighted by Crippen LogP contribution is -2.45. The van der Waals surface area contributed by atoms with Crippen LogP contribution in [0.5, 0.6) is 5.75 Å². The molecule has 1 heterocycles. The topological polar surface area (TPSA) is 84.7 Å². The third kappa shape index (κ3) is 3.57. The second-order valence-electron chi connectivity index (χ2n) is 6.09. The molecule has 0 spiro atoms. The molecule has 0 aromatic heterocycles. The molecule has 1 aliphatic rings. The summed E-state index contributed by atoms with van der Waals surface area (Å²) >= 11 is 0. The number of anilines is 3. The molecule has 0 saturated heterocycles. The first-order valence-electron chi connectivity index (χ1n) is 8.19. The van der Waals surface area contributed by atoms with E-state index in [-0.39, 0.29) is 24.8 Å². The summed E-state index contributed by atoms with van der Waals surface area (Å²) in [6, 6.07) is 12.7. The number of amides is 2. The lowest BCUT2D eigenvalue weighted by atomic mass is 10.1. The van der Waals surface area contributed by atoms with Crippen molar-refractivity contribution in [3.05, 3.63) is 48.0 Å². The number of hydrogen-bond donors (Lipinski definition) is 2. The Bertz CT molecular complexity index is 819. The van der Waals surface area contributed by atoms with Crippen LogP contribution in [0.3, 0.4) is 0 Å². The minimum Gasteiger partial charge on any atom is -0.479 e. The van der Waals surface area contributed by atoms with Gasteiger partial charge in [0, 0.05) is 24.3 Å². The van der Waals surface area contributed by atoms with E-state index in [4.69, 9.17) is 10.5 Å². The van der Waals surface area contributed by atoms with Crippen molar-refractivity contribution < 1.29 is 14.3 Å². The Labute approximate surface area is 146 Å². The number of benzene rings is 2. The van der Waals surface area contributed by atoms with E-state index in [0.29, 0.717) is 22.8 Å². The van der Waals surface area contributed by atoms with Crippen LogP contribution >= 0.6 is 0 Å². The number of nitrogens with one attached hydrogen (secondary N) is 1. The van der Waals surface area contributed by atoms with Crippen LogP contribution in [0, 0.1) is 6.92 Å². The molecule has 2 aromatic rings. The molecular formula is C19H21N3O3. The average Bonchev–Trinajstić information content (AvgIpc) is 2.58. The zero-order chi connectivity index (χ0) is 18.0. The SMILES string of the molecule is Cc1ccc(N)cc1NC(=O)CCN1C(=O)C(C)Oc2ccccc21. The third-order valence-electron chi connectivity index (χ3n) is 4.17. The predicted molar refractivity (Wildman–Crippen MR) is 97.7 cm³/mol. The molecule has 1 unspecified atom stereocenters. The van der Waals surface area contributed by atoms with Crippen molar-refractivity contribution >= 4 is 28.9 Å². The molecule has 0 saturated carbocycles. The molecule has 0 fully saturated rings. The normalized spacial score (nSPS) is 16.2. The predicted octanol–water partition coefficient (Wildman–Crippen LogP) is 2.72. The number of aryl methyl sites for hydroxylation is 1. The van der Waals surface area contributed by atoms with E-state index in [1.807, 2.05) is 37.3 Å². The minimum absolute atomic E-state index is 0.147. The smallest absolute Gasteiger partial charge is 0.267 e. The van der Waals surface area contributed by atoms with E-state index >= 15 is 0 Å². The molecule has 25 heavy (non-hydrogen) atoms. The Hall–Kier alpha value is -3.02. The van der Waals surface area contributed by atoms with Crippen molar-refractivity contribution in [1.82, 2.24) is 0 Å². The standard InChI is InChI=1S/C19H21N3O3/c1-12-7-8-14(20)11-15(12)21-18(23)9-10-22-16-5-3-4-6-17(16)25-13(2)19(22)24/h3-8,11,13H,9-10,20H2,1-2H3,(H,21,23). The van der Waals surface area contributed by atoms with Gasteiger partial charge in [-0.15, -0.1) is 0 Å². The van der Waals surface area contributed by atoms with Gasteiger partial charge in [-0.1, -0.05) is 18.2 Å². The number of carbonyl (C=O) groups excluding carboxylic acids is 2. The zero-order valence-corrected chi connectivity index (χ0v) is 14.3. The first kappa shape index (κ1) is 16.8. The molecule has 3 N–H and O–H groups in total. The summed E-state index contributed by atoms with van der Waals surface area (Å²) in [5.74, 6) is 0.339. The maximum absolute atomic E-state index is 12.4. The fourth-order valence-corrected chi connectivity index (χ4v) is 2.79. The summed E-state index contributed by atoms with van der Waals surface area (Å²) in [5.41, 5.74) is 8.67. The number of fused-ring (bicyclic) bond motifs is 1. The number of nitrogens with zero attached hydrogens (tertiary/aromatic N) is 1. The van der Waals surface area contributed by atoms with Gasteiger partial charge in [-0.2, -0.15) is 0 Å². The number of ether oxygens (including phenoxy) is 1. The minimum atomic E-state index is -0.561. The highest BCUT2D eigenvalue weighted by molar-refractivity contribution is 6.01. The maximum Gasteiger partial charge on any atom is 0.267 e. The van der Waals surface area contributed by atoms with Gasteiger partial charge in [-0.05, 0) is 43.7 Å². The van der Waals surface area contributed by atoms with E-state index in [1.54, 1.807) is 24.0 Å². The summed E-state index contributed by atoms with van der Waals surface area (Å²) in [6.07, 6.45) is -0.379. The molecule has 0 bridgehead atoms. The molecule has 3 rings (SSSR count). The van der Waals surface area contributed by atoms with E-state index in [1.165, 1.54) is 0 Å². The van der Waals surface area contributed by atoms with Gasteiger partial charge < -0.3 is 20.7 Å². The van der Waals surface area contributed by atoms with Crippen LogP contribution in [0.2, 0.25) is 0 Å².